The summed E-state index contributed by atoms with van der Waals surface area (Å²) in [5, 5.41) is 2.78. The minimum Gasteiger partial charge on any atom is -0.444 e. The van der Waals surface area contributed by atoms with E-state index >= 15 is 0 Å². The van der Waals surface area contributed by atoms with Crippen LogP contribution in [0.25, 0.3) is 0 Å². The van der Waals surface area contributed by atoms with Gasteiger partial charge in [-0.2, -0.15) is 0 Å². The zero-order valence-corrected chi connectivity index (χ0v) is 13.3. The molecule has 0 spiro atoms. The Bertz CT molecular complexity index is 715. The highest BCUT2D eigenvalue weighted by Gasteiger charge is 2.21. The molecular weight excluding hydrogens is 294 g/mol. The van der Waals surface area contributed by atoms with Crippen molar-refractivity contribution in [3.63, 3.8) is 0 Å². The molecule has 6 heteroatoms. The molecular formula is C17H19N3O3. The van der Waals surface area contributed by atoms with Crippen LogP contribution in [0.2, 0.25) is 0 Å². The van der Waals surface area contributed by atoms with Crippen molar-refractivity contribution in [2.24, 2.45) is 0 Å². The van der Waals surface area contributed by atoms with Gasteiger partial charge in [-0.05, 0) is 44.5 Å². The Balaban J connectivity index is 1.62. The predicted molar refractivity (Wildman–Crippen MR) is 85.2 cm³/mol. The summed E-state index contributed by atoms with van der Waals surface area (Å²) in [6, 6.07) is 7.06. The number of aromatic nitrogens is 1. The normalized spacial score (nSPS) is 14.3. The largest absolute Gasteiger partial charge is 0.444 e. The zero-order valence-electron chi connectivity index (χ0n) is 13.3. The van der Waals surface area contributed by atoms with Gasteiger partial charge in [0.15, 0.2) is 0 Å². The molecule has 0 aliphatic carbocycles. The third kappa shape index (κ3) is 3.26. The molecule has 0 radical (unpaired) electrons. The van der Waals surface area contributed by atoms with Crippen molar-refractivity contribution in [1.29, 1.82) is 0 Å². The molecule has 120 valence electrons. The van der Waals surface area contributed by atoms with Crippen molar-refractivity contribution in [3.8, 4) is 0 Å². The van der Waals surface area contributed by atoms with E-state index in [9.17, 15) is 9.59 Å². The van der Waals surface area contributed by atoms with E-state index in [1.165, 1.54) is 0 Å². The number of carbonyl (C=O) groups excluding carboxylic acids is 2. The van der Waals surface area contributed by atoms with Crippen LogP contribution in [-0.2, 0) is 11.3 Å². The van der Waals surface area contributed by atoms with E-state index in [2.05, 4.69) is 10.3 Å². The number of hydrogen-bond donors (Lipinski definition) is 1. The van der Waals surface area contributed by atoms with Crippen LogP contribution in [-0.4, -0.2) is 23.3 Å². The second-order valence-corrected chi connectivity index (χ2v) is 5.63. The molecule has 2 aromatic rings. The van der Waals surface area contributed by atoms with Crippen molar-refractivity contribution in [1.82, 2.24) is 10.3 Å². The van der Waals surface area contributed by atoms with Gasteiger partial charge in [-0.25, -0.2) is 4.98 Å². The van der Waals surface area contributed by atoms with E-state index in [1.54, 1.807) is 29.2 Å². The maximum atomic E-state index is 12.1. The first-order valence-corrected chi connectivity index (χ1v) is 7.66. The van der Waals surface area contributed by atoms with Gasteiger partial charge in [0, 0.05) is 24.2 Å². The maximum Gasteiger partial charge on any atom is 0.251 e. The van der Waals surface area contributed by atoms with Crippen molar-refractivity contribution >= 4 is 17.5 Å². The minimum absolute atomic E-state index is 0.136. The fraction of sp³-hybridized carbons (Fsp3) is 0.353. The highest BCUT2D eigenvalue weighted by Crippen LogP contribution is 2.21. The number of anilines is 1. The summed E-state index contributed by atoms with van der Waals surface area (Å²) in [4.78, 5) is 29.8. The monoisotopic (exact) mass is 313 g/mol. The van der Waals surface area contributed by atoms with Gasteiger partial charge in [-0.15, -0.1) is 0 Å². The van der Waals surface area contributed by atoms with E-state index in [4.69, 9.17) is 4.42 Å². The van der Waals surface area contributed by atoms with E-state index in [1.807, 2.05) is 13.8 Å². The lowest BCUT2D eigenvalue weighted by atomic mass is 10.2. The summed E-state index contributed by atoms with van der Waals surface area (Å²) in [6.45, 7) is 4.70. The Morgan fingerprint density at radius 3 is 2.61 bits per heavy atom. The first-order valence-electron chi connectivity index (χ1n) is 7.66. The Labute approximate surface area is 134 Å². The molecule has 2 heterocycles. The van der Waals surface area contributed by atoms with Gasteiger partial charge in [0.25, 0.3) is 5.91 Å². The highest BCUT2D eigenvalue weighted by atomic mass is 16.4. The van der Waals surface area contributed by atoms with Crippen molar-refractivity contribution in [2.75, 3.05) is 11.4 Å². The Hall–Kier alpha value is -2.63. The maximum absolute atomic E-state index is 12.1. The lowest BCUT2D eigenvalue weighted by Gasteiger charge is -2.15. The van der Waals surface area contributed by atoms with Gasteiger partial charge < -0.3 is 14.6 Å². The number of oxazole rings is 1. The van der Waals surface area contributed by atoms with Crippen LogP contribution in [0, 0.1) is 13.8 Å². The first kappa shape index (κ1) is 15.3. The molecule has 1 aliphatic heterocycles. The summed E-state index contributed by atoms with van der Waals surface area (Å²) in [5.41, 5.74) is 2.21. The molecule has 1 aliphatic rings. The van der Waals surface area contributed by atoms with Crippen LogP contribution in [0.15, 0.2) is 28.7 Å². The van der Waals surface area contributed by atoms with Gasteiger partial charge in [-0.1, -0.05) is 0 Å². The second-order valence-electron chi connectivity index (χ2n) is 5.63. The molecule has 6 nitrogen and oxygen atoms in total. The molecule has 3 rings (SSSR count). The fourth-order valence-corrected chi connectivity index (χ4v) is 2.59. The summed E-state index contributed by atoms with van der Waals surface area (Å²) in [7, 11) is 0. The lowest BCUT2D eigenvalue weighted by molar-refractivity contribution is -0.117. The SMILES string of the molecule is Cc1nc(CNC(=O)c2ccc(N3CCCC3=O)cc2)oc1C. The molecule has 0 bridgehead atoms. The Kier molecular flexibility index (Phi) is 4.14. The summed E-state index contributed by atoms with van der Waals surface area (Å²) < 4.78 is 5.43. The molecule has 1 saturated heterocycles. The Morgan fingerprint density at radius 1 is 1.30 bits per heavy atom. The standard InChI is InChI=1S/C17H19N3O3/c1-11-12(2)23-15(19-11)10-18-17(22)13-5-7-14(8-6-13)20-9-3-4-16(20)21/h5-8H,3-4,9-10H2,1-2H3,(H,18,22). The van der Waals surface area contributed by atoms with E-state index in [0.717, 1.165) is 30.1 Å². The summed E-state index contributed by atoms with van der Waals surface area (Å²) in [6.07, 6.45) is 1.48. The molecule has 0 unspecified atom stereocenters. The minimum atomic E-state index is -0.196. The van der Waals surface area contributed by atoms with Crippen molar-refractivity contribution in [2.45, 2.75) is 33.2 Å². The Morgan fingerprint density at radius 2 is 2.04 bits per heavy atom. The molecule has 1 aromatic carbocycles. The van der Waals surface area contributed by atoms with E-state index in [-0.39, 0.29) is 18.4 Å². The molecule has 0 atom stereocenters. The number of amides is 2. The van der Waals surface area contributed by atoms with E-state index < -0.39 is 0 Å². The van der Waals surface area contributed by atoms with Crippen molar-refractivity contribution < 1.29 is 14.0 Å². The van der Waals surface area contributed by atoms with Gasteiger partial charge in [0.2, 0.25) is 11.8 Å². The van der Waals surface area contributed by atoms with Gasteiger partial charge in [-0.3, -0.25) is 9.59 Å². The number of nitrogens with one attached hydrogen (secondary N) is 1. The van der Waals surface area contributed by atoms with E-state index in [0.29, 0.717) is 17.9 Å². The molecule has 0 saturated carbocycles. The first-order chi connectivity index (χ1) is 11.0. The number of aryl methyl sites for hydroxylation is 2. The smallest absolute Gasteiger partial charge is 0.251 e. The molecule has 1 fully saturated rings. The average molecular weight is 313 g/mol. The average Bonchev–Trinajstić information content (AvgIpc) is 3.11. The van der Waals surface area contributed by atoms with Crippen LogP contribution in [0.1, 0.15) is 40.5 Å². The number of hydrogen-bond acceptors (Lipinski definition) is 4. The number of carbonyl (C=O) groups is 2. The topological polar surface area (TPSA) is 75.4 Å². The molecule has 1 N–H and O–H groups in total. The third-order valence-corrected chi connectivity index (χ3v) is 3.99. The summed E-state index contributed by atoms with van der Waals surface area (Å²) in [5.74, 6) is 1.19. The highest BCUT2D eigenvalue weighted by molar-refractivity contribution is 5.97. The van der Waals surface area contributed by atoms with Gasteiger partial charge >= 0.3 is 0 Å². The van der Waals surface area contributed by atoms with Crippen LogP contribution in [0.4, 0.5) is 5.69 Å². The zero-order chi connectivity index (χ0) is 16.4. The molecule has 1 aromatic heterocycles. The van der Waals surface area contributed by atoms with Crippen LogP contribution < -0.4 is 10.2 Å². The number of benzene rings is 1. The summed E-state index contributed by atoms with van der Waals surface area (Å²) >= 11 is 0. The second kappa shape index (κ2) is 6.24. The molecule has 2 amide bonds. The molecule has 23 heavy (non-hydrogen) atoms. The predicted octanol–water partition coefficient (Wildman–Crippen LogP) is 2.35. The van der Waals surface area contributed by atoms with Crippen LogP contribution in [0.5, 0.6) is 0 Å². The lowest BCUT2D eigenvalue weighted by Crippen LogP contribution is -2.25. The number of nitrogens with zero attached hydrogens (tertiary/aromatic N) is 2. The fourth-order valence-electron chi connectivity index (χ4n) is 2.59. The quantitative estimate of drug-likeness (QED) is 0.940. The van der Waals surface area contributed by atoms with Crippen molar-refractivity contribution in [3.05, 3.63) is 47.2 Å². The van der Waals surface area contributed by atoms with Crippen LogP contribution >= 0.6 is 0 Å². The number of rotatable bonds is 4. The van der Waals surface area contributed by atoms with Gasteiger partial charge in [0.1, 0.15) is 5.76 Å². The van der Waals surface area contributed by atoms with Crippen LogP contribution in [0.3, 0.4) is 0 Å². The third-order valence-electron chi connectivity index (χ3n) is 3.99. The van der Waals surface area contributed by atoms with Gasteiger partial charge in [0.05, 0.1) is 12.2 Å².